The van der Waals surface area contributed by atoms with Gasteiger partial charge >= 0.3 is 11.9 Å². The van der Waals surface area contributed by atoms with E-state index in [9.17, 15) is 9.59 Å². The number of carbonyl (C=O) groups excluding carboxylic acids is 2. The maximum atomic E-state index is 11.6. The highest BCUT2D eigenvalue weighted by Crippen LogP contribution is 2.27. The third-order valence-electron chi connectivity index (χ3n) is 2.31. The fourth-order valence-electron chi connectivity index (χ4n) is 1.43. The number of benzene rings is 1. The number of ether oxygens (including phenoxy) is 3. The lowest BCUT2D eigenvalue weighted by molar-refractivity contribution is 0.0582. The number of nitrogen functional groups attached to an aromatic ring is 1. The quantitative estimate of drug-likeness (QED) is 0.581. The fourth-order valence-corrected chi connectivity index (χ4v) is 1.43. The summed E-state index contributed by atoms with van der Waals surface area (Å²) in [5.41, 5.74) is 5.89. The lowest BCUT2D eigenvalue weighted by atomic mass is 10.1. The molecule has 19 heavy (non-hydrogen) atoms. The van der Waals surface area contributed by atoms with E-state index in [4.69, 9.17) is 15.6 Å². The minimum Gasteiger partial charge on any atom is -0.490 e. The molecule has 0 saturated carbocycles. The van der Waals surface area contributed by atoms with E-state index in [0.717, 1.165) is 0 Å². The van der Waals surface area contributed by atoms with Gasteiger partial charge in [0.05, 0.1) is 26.4 Å². The summed E-state index contributed by atoms with van der Waals surface area (Å²) in [6.45, 7) is -0.271. The second-order valence-electron chi connectivity index (χ2n) is 3.49. The van der Waals surface area contributed by atoms with E-state index in [1.165, 1.54) is 26.4 Å². The van der Waals surface area contributed by atoms with Crippen molar-refractivity contribution in [1.29, 1.82) is 0 Å². The predicted molar refractivity (Wildman–Crippen MR) is 66.1 cm³/mol. The van der Waals surface area contributed by atoms with Gasteiger partial charge in [-0.1, -0.05) is 0 Å². The Kier molecular flexibility index (Phi) is 5.13. The molecule has 0 atom stereocenters. The second-order valence-corrected chi connectivity index (χ2v) is 3.49. The summed E-state index contributed by atoms with van der Waals surface area (Å²) >= 11 is 0. The molecule has 0 saturated heterocycles. The number of rotatable bonds is 5. The molecule has 1 rings (SSSR count). The normalized spacial score (nSPS) is 9.84. The van der Waals surface area contributed by atoms with Crippen molar-refractivity contribution in [2.75, 3.05) is 33.2 Å². The van der Waals surface area contributed by atoms with Crippen LogP contribution in [0.2, 0.25) is 0 Å². The first-order valence-corrected chi connectivity index (χ1v) is 5.39. The molecule has 0 bridgehead atoms. The van der Waals surface area contributed by atoms with Crippen molar-refractivity contribution in [2.45, 2.75) is 0 Å². The van der Waals surface area contributed by atoms with Crippen molar-refractivity contribution >= 4 is 17.6 Å². The van der Waals surface area contributed by atoms with Gasteiger partial charge in [0.1, 0.15) is 17.9 Å². The van der Waals surface area contributed by atoms with Crippen molar-refractivity contribution in [3.05, 3.63) is 23.3 Å². The fraction of sp³-hybridized carbons (Fsp3) is 0.333. The molecule has 7 nitrogen and oxygen atoms in total. The van der Waals surface area contributed by atoms with Gasteiger partial charge in [-0.05, 0) is 12.1 Å². The van der Waals surface area contributed by atoms with E-state index < -0.39 is 11.9 Å². The number of aliphatic hydroxyl groups is 1. The summed E-state index contributed by atoms with van der Waals surface area (Å²) in [5, 5.41) is 8.74. The summed E-state index contributed by atoms with van der Waals surface area (Å²) < 4.78 is 14.3. The largest absolute Gasteiger partial charge is 0.490 e. The van der Waals surface area contributed by atoms with Gasteiger partial charge in [0.2, 0.25) is 0 Å². The molecule has 0 aliphatic rings. The second kappa shape index (κ2) is 6.60. The molecule has 0 aromatic heterocycles. The van der Waals surface area contributed by atoms with Crippen LogP contribution in [0, 0.1) is 0 Å². The summed E-state index contributed by atoms with van der Waals surface area (Å²) in [4.78, 5) is 23.1. The maximum Gasteiger partial charge on any atom is 0.341 e. The lowest BCUT2D eigenvalue weighted by Crippen LogP contribution is -2.12. The third-order valence-corrected chi connectivity index (χ3v) is 2.31. The molecule has 3 N–H and O–H groups in total. The highest BCUT2D eigenvalue weighted by molar-refractivity contribution is 6.00. The summed E-state index contributed by atoms with van der Waals surface area (Å²) in [6, 6.07) is 2.55. The Labute approximate surface area is 109 Å². The van der Waals surface area contributed by atoms with Gasteiger partial charge in [-0.3, -0.25) is 0 Å². The Morgan fingerprint density at radius 2 is 1.74 bits per heavy atom. The van der Waals surface area contributed by atoms with Crippen LogP contribution in [0.5, 0.6) is 5.75 Å². The van der Waals surface area contributed by atoms with Crippen LogP contribution in [0.25, 0.3) is 0 Å². The van der Waals surface area contributed by atoms with Gasteiger partial charge in [0.15, 0.2) is 0 Å². The lowest BCUT2D eigenvalue weighted by Gasteiger charge is -2.12. The first-order valence-electron chi connectivity index (χ1n) is 5.39. The minimum atomic E-state index is -0.656. The summed E-state index contributed by atoms with van der Waals surface area (Å²) in [7, 11) is 2.42. The summed E-state index contributed by atoms with van der Waals surface area (Å²) in [5.74, 6) is -1.21. The van der Waals surface area contributed by atoms with E-state index in [2.05, 4.69) is 9.47 Å². The average molecular weight is 269 g/mol. The molecule has 0 aliphatic heterocycles. The van der Waals surface area contributed by atoms with Crippen molar-refractivity contribution in [3.8, 4) is 5.75 Å². The molecule has 0 spiro atoms. The number of hydrogen-bond donors (Lipinski definition) is 2. The summed E-state index contributed by atoms with van der Waals surface area (Å²) in [6.07, 6.45) is 0. The first kappa shape index (κ1) is 14.8. The van der Waals surface area contributed by atoms with E-state index in [1.807, 2.05) is 0 Å². The highest BCUT2D eigenvalue weighted by Gasteiger charge is 2.20. The predicted octanol–water partition coefficient (Wildman–Crippen LogP) is 0.213. The van der Waals surface area contributed by atoms with Crippen molar-refractivity contribution in [3.63, 3.8) is 0 Å². The Balaban J connectivity index is 3.27. The number of nitrogens with two attached hydrogens (primary N) is 1. The Morgan fingerprint density at radius 3 is 2.26 bits per heavy atom. The molecule has 1 aromatic rings. The topological polar surface area (TPSA) is 108 Å². The number of anilines is 1. The van der Waals surface area contributed by atoms with Crippen LogP contribution in [-0.4, -0.2) is 44.5 Å². The molecule has 0 heterocycles. The van der Waals surface area contributed by atoms with Crippen LogP contribution in [-0.2, 0) is 9.47 Å². The number of methoxy groups -OCH3 is 2. The number of carbonyl (C=O) groups is 2. The monoisotopic (exact) mass is 269 g/mol. The van der Waals surface area contributed by atoms with E-state index in [0.29, 0.717) is 0 Å². The van der Waals surface area contributed by atoms with E-state index >= 15 is 0 Å². The zero-order chi connectivity index (χ0) is 14.4. The van der Waals surface area contributed by atoms with Crippen LogP contribution < -0.4 is 10.5 Å². The Hall–Kier alpha value is -2.28. The maximum absolute atomic E-state index is 11.6. The van der Waals surface area contributed by atoms with Crippen molar-refractivity contribution < 1.29 is 28.9 Å². The van der Waals surface area contributed by atoms with Crippen LogP contribution in [0.15, 0.2) is 12.1 Å². The molecule has 0 fully saturated rings. The number of esters is 2. The number of hydrogen-bond acceptors (Lipinski definition) is 7. The van der Waals surface area contributed by atoms with Gasteiger partial charge in [-0.25, -0.2) is 9.59 Å². The minimum absolute atomic E-state index is 0.0332. The zero-order valence-electron chi connectivity index (χ0n) is 10.6. The van der Waals surface area contributed by atoms with Crippen molar-refractivity contribution in [1.82, 2.24) is 0 Å². The van der Waals surface area contributed by atoms with E-state index in [-0.39, 0.29) is 35.8 Å². The van der Waals surface area contributed by atoms with Gasteiger partial charge in [0, 0.05) is 5.69 Å². The van der Waals surface area contributed by atoms with Gasteiger partial charge < -0.3 is 25.1 Å². The van der Waals surface area contributed by atoms with Gasteiger partial charge in [-0.15, -0.1) is 0 Å². The van der Waals surface area contributed by atoms with Crippen LogP contribution in [0.3, 0.4) is 0 Å². The highest BCUT2D eigenvalue weighted by atomic mass is 16.5. The smallest absolute Gasteiger partial charge is 0.341 e. The molecule has 104 valence electrons. The van der Waals surface area contributed by atoms with Crippen molar-refractivity contribution in [2.24, 2.45) is 0 Å². The average Bonchev–Trinajstić information content (AvgIpc) is 2.43. The van der Waals surface area contributed by atoms with Gasteiger partial charge in [0.25, 0.3) is 0 Å². The zero-order valence-corrected chi connectivity index (χ0v) is 10.6. The first-order chi connectivity index (χ1) is 9.04. The molecule has 0 aliphatic carbocycles. The standard InChI is InChI=1S/C12H15NO6/c1-17-11(15)7-6-10(19-4-3-14)8(5-9(7)13)12(16)18-2/h5-6,14H,3-4,13H2,1-2H3. The number of aliphatic hydroxyl groups excluding tert-OH is 1. The van der Waals surface area contributed by atoms with Crippen LogP contribution in [0.1, 0.15) is 20.7 Å². The van der Waals surface area contributed by atoms with E-state index in [1.54, 1.807) is 0 Å². The molecule has 0 unspecified atom stereocenters. The van der Waals surface area contributed by atoms with Crippen LogP contribution in [0.4, 0.5) is 5.69 Å². The third kappa shape index (κ3) is 3.35. The molecule has 1 aromatic carbocycles. The molecular formula is C12H15NO6. The SMILES string of the molecule is COC(=O)c1cc(OCCO)c(C(=O)OC)cc1N. The Morgan fingerprint density at radius 1 is 1.16 bits per heavy atom. The Bertz CT molecular complexity index is 485. The molecular weight excluding hydrogens is 254 g/mol. The molecule has 0 amide bonds. The van der Waals surface area contributed by atoms with Crippen LogP contribution >= 0.6 is 0 Å². The molecule has 7 heteroatoms. The van der Waals surface area contributed by atoms with Gasteiger partial charge in [-0.2, -0.15) is 0 Å². The molecule has 0 radical (unpaired) electrons.